The van der Waals surface area contributed by atoms with E-state index < -0.39 is 35.5 Å². The molecule has 4 amide bonds. The van der Waals surface area contributed by atoms with Gasteiger partial charge in [0.05, 0.1) is 24.0 Å². The Morgan fingerprint density at radius 2 is 1.75 bits per heavy atom. The third-order valence-electron chi connectivity index (χ3n) is 3.95. The molecule has 1 aliphatic heterocycles. The van der Waals surface area contributed by atoms with Crippen LogP contribution in [0.3, 0.4) is 0 Å². The smallest absolute Gasteiger partial charge is 0.337 e. The van der Waals surface area contributed by atoms with Crippen molar-refractivity contribution in [3.05, 3.63) is 59.9 Å². The molecule has 0 aliphatic carbocycles. The number of hydrogen-bond donors (Lipinski definition) is 1. The molecule has 1 aliphatic rings. The van der Waals surface area contributed by atoms with Gasteiger partial charge in [-0.3, -0.25) is 19.9 Å². The number of rotatable bonds is 4. The van der Waals surface area contributed by atoms with E-state index in [1.54, 1.807) is 0 Å². The lowest BCUT2D eigenvalue weighted by molar-refractivity contribution is -0.131. The number of hydrogen-bond acceptors (Lipinski definition) is 6. The first-order chi connectivity index (χ1) is 13.4. The van der Waals surface area contributed by atoms with Gasteiger partial charge in [0.25, 0.3) is 5.91 Å². The van der Waals surface area contributed by atoms with Crippen LogP contribution in [-0.2, 0) is 14.3 Å². The summed E-state index contributed by atoms with van der Waals surface area (Å²) in [6.45, 7) is 0. The first kappa shape index (κ1) is 18.9. The van der Waals surface area contributed by atoms with E-state index in [9.17, 15) is 23.6 Å². The second-order valence-electron chi connectivity index (χ2n) is 5.74. The van der Waals surface area contributed by atoms with Crippen molar-refractivity contribution in [2.45, 2.75) is 0 Å². The molecule has 2 aromatic carbocycles. The zero-order valence-electron chi connectivity index (χ0n) is 14.6. The van der Waals surface area contributed by atoms with Gasteiger partial charge in [-0.25, -0.2) is 18.9 Å². The highest BCUT2D eigenvalue weighted by Crippen LogP contribution is 2.21. The van der Waals surface area contributed by atoms with Gasteiger partial charge in [-0.05, 0) is 48.5 Å². The van der Waals surface area contributed by atoms with Crippen molar-refractivity contribution in [2.24, 2.45) is 10.9 Å². The third-order valence-corrected chi connectivity index (χ3v) is 3.95. The molecule has 9 heteroatoms. The van der Waals surface area contributed by atoms with Crippen molar-refractivity contribution in [2.75, 3.05) is 12.0 Å². The third kappa shape index (κ3) is 3.78. The van der Waals surface area contributed by atoms with Crippen LogP contribution in [0.2, 0.25) is 0 Å². The number of ether oxygens (including phenoxy) is 1. The Morgan fingerprint density at radius 1 is 1.11 bits per heavy atom. The molecule has 1 saturated heterocycles. The van der Waals surface area contributed by atoms with Crippen LogP contribution in [0.5, 0.6) is 0 Å². The van der Waals surface area contributed by atoms with Gasteiger partial charge >= 0.3 is 12.0 Å². The molecule has 8 nitrogen and oxygen atoms in total. The van der Waals surface area contributed by atoms with E-state index in [4.69, 9.17) is 0 Å². The van der Waals surface area contributed by atoms with Crippen molar-refractivity contribution in [1.82, 2.24) is 5.32 Å². The fourth-order valence-corrected chi connectivity index (χ4v) is 2.52. The van der Waals surface area contributed by atoms with Crippen LogP contribution in [-0.4, -0.2) is 37.1 Å². The van der Waals surface area contributed by atoms with Crippen molar-refractivity contribution in [3.63, 3.8) is 0 Å². The average molecular weight is 383 g/mol. The van der Waals surface area contributed by atoms with Gasteiger partial charge in [-0.15, -0.1) is 0 Å². The van der Waals surface area contributed by atoms with Gasteiger partial charge in [0.1, 0.15) is 5.82 Å². The van der Waals surface area contributed by atoms with E-state index in [1.165, 1.54) is 43.5 Å². The Kier molecular flexibility index (Phi) is 5.25. The number of amides is 4. The number of methoxy groups -OCH3 is 1. The molecule has 0 radical (unpaired) electrons. The van der Waals surface area contributed by atoms with E-state index in [0.717, 1.165) is 23.2 Å². The highest BCUT2D eigenvalue weighted by molar-refractivity contribution is 6.32. The number of benzene rings is 2. The Balaban J connectivity index is 1.82. The molecular formula is C19H14FN3O5. The Hall–Kier alpha value is -3.88. The maximum Gasteiger partial charge on any atom is 0.337 e. The number of nitrogens with zero attached hydrogens (tertiary/aromatic N) is 2. The van der Waals surface area contributed by atoms with Gasteiger partial charge in [0.2, 0.25) is 5.91 Å². The van der Waals surface area contributed by atoms with E-state index in [0.29, 0.717) is 11.3 Å². The van der Waals surface area contributed by atoms with E-state index in [-0.39, 0.29) is 5.69 Å². The van der Waals surface area contributed by atoms with Crippen molar-refractivity contribution in [3.8, 4) is 0 Å². The number of halogens is 1. The van der Waals surface area contributed by atoms with Crippen LogP contribution >= 0.6 is 0 Å². The molecule has 0 unspecified atom stereocenters. The number of barbiturate groups is 1. The number of nitrogens with one attached hydrogen (secondary N) is 1. The molecule has 1 heterocycles. The summed E-state index contributed by atoms with van der Waals surface area (Å²) in [7, 11) is 1.26. The molecule has 0 bridgehead atoms. The van der Waals surface area contributed by atoms with Crippen LogP contribution < -0.4 is 10.2 Å². The van der Waals surface area contributed by atoms with Crippen molar-refractivity contribution >= 4 is 41.4 Å². The second-order valence-corrected chi connectivity index (χ2v) is 5.74. The number of urea groups is 1. The Labute approximate surface area is 158 Å². The summed E-state index contributed by atoms with van der Waals surface area (Å²) in [5.74, 6) is -4.01. The predicted molar refractivity (Wildman–Crippen MR) is 96.8 cm³/mol. The number of aliphatic imine (C=N–C) groups is 1. The lowest BCUT2D eigenvalue weighted by Crippen LogP contribution is -2.58. The van der Waals surface area contributed by atoms with E-state index >= 15 is 0 Å². The monoisotopic (exact) mass is 383 g/mol. The predicted octanol–water partition coefficient (Wildman–Crippen LogP) is 2.21. The molecule has 28 heavy (non-hydrogen) atoms. The summed E-state index contributed by atoms with van der Waals surface area (Å²) in [6, 6.07) is 9.76. The molecular weight excluding hydrogens is 369 g/mol. The average Bonchev–Trinajstić information content (AvgIpc) is 2.69. The molecule has 1 fully saturated rings. The number of anilines is 1. The fraction of sp³-hybridized carbons (Fsp3) is 0.105. The van der Waals surface area contributed by atoms with Crippen molar-refractivity contribution in [1.29, 1.82) is 0 Å². The minimum absolute atomic E-state index is 0.122. The van der Waals surface area contributed by atoms with Crippen LogP contribution in [0.4, 0.5) is 20.6 Å². The summed E-state index contributed by atoms with van der Waals surface area (Å²) in [4.78, 5) is 53.0. The molecule has 0 saturated carbocycles. The maximum atomic E-state index is 13.1. The molecule has 0 aromatic heterocycles. The SMILES string of the molecule is COC(=O)c1ccc(N=C[C@H]2C(=O)NC(=O)N(c3ccc(F)cc3)C2=O)cc1. The molecule has 142 valence electrons. The number of carbonyl (C=O) groups excluding carboxylic acids is 4. The van der Waals surface area contributed by atoms with Crippen molar-refractivity contribution < 1.29 is 28.3 Å². The number of esters is 1. The first-order valence-electron chi connectivity index (χ1n) is 8.07. The van der Waals surface area contributed by atoms with Crippen LogP contribution in [0, 0.1) is 11.7 Å². The van der Waals surface area contributed by atoms with Crippen LogP contribution in [0.15, 0.2) is 53.5 Å². The number of imide groups is 2. The van der Waals surface area contributed by atoms with Gasteiger partial charge < -0.3 is 4.74 Å². The van der Waals surface area contributed by atoms with Gasteiger partial charge in [0.15, 0.2) is 5.92 Å². The zero-order valence-corrected chi connectivity index (χ0v) is 14.6. The normalized spacial score (nSPS) is 17.0. The molecule has 1 atom stereocenters. The summed E-state index contributed by atoms with van der Waals surface area (Å²) >= 11 is 0. The summed E-state index contributed by atoms with van der Waals surface area (Å²) < 4.78 is 17.7. The number of carbonyl (C=O) groups is 4. The Morgan fingerprint density at radius 3 is 2.36 bits per heavy atom. The van der Waals surface area contributed by atoms with Gasteiger partial charge in [-0.2, -0.15) is 0 Å². The zero-order chi connectivity index (χ0) is 20.3. The van der Waals surface area contributed by atoms with Gasteiger partial charge in [-0.1, -0.05) is 0 Å². The molecule has 3 rings (SSSR count). The summed E-state index contributed by atoms with van der Waals surface area (Å²) in [6.07, 6.45) is 1.10. The largest absolute Gasteiger partial charge is 0.465 e. The Bertz CT molecular complexity index is 970. The second kappa shape index (κ2) is 7.78. The maximum absolute atomic E-state index is 13.1. The molecule has 0 spiro atoms. The van der Waals surface area contributed by atoms with E-state index in [1.807, 2.05) is 0 Å². The minimum atomic E-state index is -1.34. The minimum Gasteiger partial charge on any atom is -0.465 e. The quantitative estimate of drug-likeness (QED) is 0.495. The summed E-state index contributed by atoms with van der Waals surface area (Å²) in [5.41, 5.74) is 0.830. The molecule has 1 N–H and O–H groups in total. The fourth-order valence-electron chi connectivity index (χ4n) is 2.52. The standard InChI is InChI=1S/C19H14FN3O5/c1-28-18(26)11-2-6-13(7-3-11)21-10-15-16(24)22-19(27)23(17(15)25)14-8-4-12(20)5-9-14/h2-10,15H,1H3,(H,22,24,27)/t15-/m0/s1. The molecule has 2 aromatic rings. The van der Waals surface area contributed by atoms with Gasteiger partial charge in [0, 0.05) is 6.21 Å². The highest BCUT2D eigenvalue weighted by atomic mass is 19.1. The van der Waals surface area contributed by atoms with Crippen LogP contribution in [0.1, 0.15) is 10.4 Å². The lowest BCUT2D eigenvalue weighted by atomic mass is 10.1. The summed E-state index contributed by atoms with van der Waals surface area (Å²) in [5, 5.41) is 2.07. The lowest BCUT2D eigenvalue weighted by Gasteiger charge is -2.28. The highest BCUT2D eigenvalue weighted by Gasteiger charge is 2.40. The van der Waals surface area contributed by atoms with E-state index in [2.05, 4.69) is 15.0 Å². The van der Waals surface area contributed by atoms with Crippen LogP contribution in [0.25, 0.3) is 0 Å². The topological polar surface area (TPSA) is 105 Å². The first-order valence-corrected chi connectivity index (χ1v) is 8.07.